The molecule has 0 N–H and O–H groups in total. The van der Waals surface area contributed by atoms with Crippen LogP contribution in [0.3, 0.4) is 0 Å². The van der Waals surface area contributed by atoms with Gasteiger partial charge in [-0.3, -0.25) is 14.2 Å². The van der Waals surface area contributed by atoms with E-state index in [0.29, 0.717) is 6.54 Å². The first kappa shape index (κ1) is 17.0. The van der Waals surface area contributed by atoms with Gasteiger partial charge in [0.1, 0.15) is 6.54 Å². The van der Waals surface area contributed by atoms with E-state index in [1.165, 1.54) is 0 Å². The van der Waals surface area contributed by atoms with Crippen LogP contribution in [0.2, 0.25) is 0 Å². The highest BCUT2D eigenvalue weighted by Crippen LogP contribution is 2.18. The molecule has 0 spiro atoms. The highest BCUT2D eigenvalue weighted by atomic mass is 16.2. The number of hydrogen-bond acceptors (Lipinski definition) is 2. The Morgan fingerprint density at radius 2 is 1.80 bits per heavy atom. The third-order valence-corrected chi connectivity index (χ3v) is 4.45. The third kappa shape index (κ3) is 3.33. The van der Waals surface area contributed by atoms with Crippen molar-refractivity contribution in [1.82, 2.24) is 4.57 Å². The number of pyridine rings is 1. The number of nitrogens with zero attached hydrogens (tertiary/aromatic N) is 2. The zero-order valence-corrected chi connectivity index (χ0v) is 14.8. The summed E-state index contributed by atoms with van der Waals surface area (Å²) in [4.78, 5) is 27.1. The minimum Gasteiger partial charge on any atom is -0.311 e. The number of aryl methyl sites for hydroxylation is 2. The van der Waals surface area contributed by atoms with Crippen LogP contribution < -0.4 is 10.5 Å². The average Bonchev–Trinajstić information content (AvgIpc) is 2.59. The summed E-state index contributed by atoms with van der Waals surface area (Å²) >= 11 is 0. The first-order chi connectivity index (χ1) is 12.0. The SMILES string of the molecule is CCN(C(=O)Cn1c(=O)cc(C)c2ccccc21)c1cccc(C)c1. The maximum Gasteiger partial charge on any atom is 0.251 e. The maximum absolute atomic E-state index is 12.9. The molecule has 0 bridgehead atoms. The highest BCUT2D eigenvalue weighted by molar-refractivity contribution is 5.94. The first-order valence-corrected chi connectivity index (χ1v) is 8.47. The summed E-state index contributed by atoms with van der Waals surface area (Å²) in [6.07, 6.45) is 0. The Morgan fingerprint density at radius 3 is 2.52 bits per heavy atom. The fourth-order valence-corrected chi connectivity index (χ4v) is 3.18. The number of hydrogen-bond donors (Lipinski definition) is 0. The Labute approximate surface area is 147 Å². The average molecular weight is 334 g/mol. The zero-order valence-electron chi connectivity index (χ0n) is 14.8. The molecule has 0 fully saturated rings. The van der Waals surface area contributed by atoms with E-state index in [1.54, 1.807) is 15.5 Å². The third-order valence-electron chi connectivity index (χ3n) is 4.45. The molecule has 0 atom stereocenters. The van der Waals surface area contributed by atoms with Crippen LogP contribution in [0.5, 0.6) is 0 Å². The number of amides is 1. The number of benzene rings is 2. The van der Waals surface area contributed by atoms with E-state index < -0.39 is 0 Å². The normalized spacial score (nSPS) is 10.8. The predicted octanol–water partition coefficient (Wildman–Crippen LogP) is 3.67. The molecule has 1 heterocycles. The van der Waals surface area contributed by atoms with E-state index >= 15 is 0 Å². The maximum atomic E-state index is 12.9. The van der Waals surface area contributed by atoms with Crippen molar-refractivity contribution in [2.45, 2.75) is 27.3 Å². The molecule has 2 aromatic carbocycles. The zero-order chi connectivity index (χ0) is 18.0. The lowest BCUT2D eigenvalue weighted by Gasteiger charge is -2.22. The number of aromatic nitrogens is 1. The second-order valence-corrected chi connectivity index (χ2v) is 6.25. The molecule has 0 unspecified atom stereocenters. The number of rotatable bonds is 4. The summed E-state index contributed by atoms with van der Waals surface area (Å²) in [5.74, 6) is -0.0933. The van der Waals surface area contributed by atoms with E-state index in [9.17, 15) is 9.59 Å². The fraction of sp³-hybridized carbons (Fsp3) is 0.238. The molecule has 4 heteroatoms. The van der Waals surface area contributed by atoms with Crippen LogP contribution in [0.1, 0.15) is 18.1 Å². The molecule has 1 amide bonds. The fourth-order valence-electron chi connectivity index (χ4n) is 3.18. The molecule has 25 heavy (non-hydrogen) atoms. The Balaban J connectivity index is 2.00. The van der Waals surface area contributed by atoms with Gasteiger partial charge in [-0.1, -0.05) is 30.3 Å². The highest BCUT2D eigenvalue weighted by Gasteiger charge is 2.17. The molecule has 0 aliphatic carbocycles. The number of anilines is 1. The van der Waals surface area contributed by atoms with Gasteiger partial charge in [-0.2, -0.15) is 0 Å². The van der Waals surface area contributed by atoms with Crippen LogP contribution in [0.4, 0.5) is 5.69 Å². The van der Waals surface area contributed by atoms with Crippen molar-refractivity contribution in [3.63, 3.8) is 0 Å². The van der Waals surface area contributed by atoms with Crippen LogP contribution in [0.15, 0.2) is 59.4 Å². The van der Waals surface area contributed by atoms with E-state index in [4.69, 9.17) is 0 Å². The van der Waals surface area contributed by atoms with Gasteiger partial charge in [0.2, 0.25) is 5.91 Å². The lowest BCUT2D eigenvalue weighted by molar-refractivity contribution is -0.119. The molecule has 0 aliphatic heterocycles. The number of likely N-dealkylation sites (N-methyl/N-ethyl adjacent to an activating group) is 1. The van der Waals surface area contributed by atoms with Crippen molar-refractivity contribution >= 4 is 22.5 Å². The van der Waals surface area contributed by atoms with Crippen LogP contribution in [-0.2, 0) is 11.3 Å². The smallest absolute Gasteiger partial charge is 0.251 e. The largest absolute Gasteiger partial charge is 0.311 e. The predicted molar refractivity (Wildman–Crippen MR) is 102 cm³/mol. The summed E-state index contributed by atoms with van der Waals surface area (Å²) in [7, 11) is 0. The monoisotopic (exact) mass is 334 g/mol. The topological polar surface area (TPSA) is 42.3 Å². The summed E-state index contributed by atoms with van der Waals surface area (Å²) in [5, 5.41) is 0.994. The van der Waals surface area contributed by atoms with Crippen molar-refractivity contribution in [2.24, 2.45) is 0 Å². The van der Waals surface area contributed by atoms with Crippen molar-refractivity contribution < 1.29 is 4.79 Å². The van der Waals surface area contributed by atoms with Gasteiger partial charge in [0.05, 0.1) is 5.52 Å². The van der Waals surface area contributed by atoms with Gasteiger partial charge in [0, 0.05) is 23.7 Å². The lowest BCUT2D eigenvalue weighted by atomic mass is 10.1. The summed E-state index contributed by atoms with van der Waals surface area (Å²) in [5.41, 5.74) is 3.53. The molecule has 0 saturated carbocycles. The summed E-state index contributed by atoms with van der Waals surface area (Å²) in [6, 6.07) is 17.1. The second kappa shape index (κ2) is 6.93. The van der Waals surface area contributed by atoms with Gasteiger partial charge in [0.25, 0.3) is 5.56 Å². The van der Waals surface area contributed by atoms with Crippen LogP contribution in [0, 0.1) is 13.8 Å². The van der Waals surface area contributed by atoms with Gasteiger partial charge in [0.15, 0.2) is 0 Å². The van der Waals surface area contributed by atoms with Crippen molar-refractivity contribution in [3.8, 4) is 0 Å². The second-order valence-electron chi connectivity index (χ2n) is 6.25. The number of carbonyl (C=O) groups is 1. The number of para-hydroxylation sites is 1. The Kier molecular flexibility index (Phi) is 4.70. The van der Waals surface area contributed by atoms with Gasteiger partial charge >= 0.3 is 0 Å². The van der Waals surface area contributed by atoms with Crippen LogP contribution >= 0.6 is 0 Å². The van der Waals surface area contributed by atoms with Crippen molar-refractivity contribution in [1.29, 1.82) is 0 Å². The standard InChI is InChI=1S/C21H22N2O2/c1-4-22(17-9-7-8-15(2)12-17)21(25)14-23-19-11-6-5-10-18(19)16(3)13-20(23)24/h5-13H,4,14H2,1-3H3. The number of carbonyl (C=O) groups excluding carboxylic acids is 1. The molecular weight excluding hydrogens is 312 g/mol. The Hall–Kier alpha value is -2.88. The quantitative estimate of drug-likeness (QED) is 0.730. The van der Waals surface area contributed by atoms with Crippen molar-refractivity contribution in [3.05, 3.63) is 76.1 Å². The molecule has 0 saturated heterocycles. The van der Waals surface area contributed by atoms with E-state index in [0.717, 1.165) is 27.7 Å². The number of fused-ring (bicyclic) bond motifs is 1. The van der Waals surface area contributed by atoms with Gasteiger partial charge in [-0.15, -0.1) is 0 Å². The molecule has 3 rings (SSSR count). The molecular formula is C21H22N2O2. The minimum atomic E-state index is -0.148. The van der Waals surface area contributed by atoms with E-state index in [1.807, 2.05) is 69.3 Å². The molecule has 1 aromatic heterocycles. The molecule has 3 aromatic rings. The van der Waals surface area contributed by atoms with Crippen LogP contribution in [0.25, 0.3) is 10.9 Å². The minimum absolute atomic E-state index is 0.0292. The van der Waals surface area contributed by atoms with Gasteiger partial charge < -0.3 is 4.90 Å². The molecule has 4 nitrogen and oxygen atoms in total. The van der Waals surface area contributed by atoms with E-state index in [-0.39, 0.29) is 18.0 Å². The summed E-state index contributed by atoms with van der Waals surface area (Å²) < 4.78 is 1.56. The first-order valence-electron chi connectivity index (χ1n) is 8.47. The Morgan fingerprint density at radius 1 is 1.04 bits per heavy atom. The van der Waals surface area contributed by atoms with E-state index in [2.05, 4.69) is 0 Å². The lowest BCUT2D eigenvalue weighted by Crippen LogP contribution is -2.36. The Bertz CT molecular complexity index is 989. The van der Waals surface area contributed by atoms with Crippen molar-refractivity contribution in [2.75, 3.05) is 11.4 Å². The van der Waals surface area contributed by atoms with Gasteiger partial charge in [-0.05, 0) is 50.1 Å². The molecule has 128 valence electrons. The van der Waals surface area contributed by atoms with Crippen LogP contribution in [-0.4, -0.2) is 17.0 Å². The van der Waals surface area contributed by atoms with Gasteiger partial charge in [-0.25, -0.2) is 0 Å². The molecule has 0 radical (unpaired) electrons. The summed E-state index contributed by atoms with van der Waals surface area (Å²) in [6.45, 7) is 6.44. The molecule has 0 aliphatic rings.